The number of pyridine rings is 1. The zero-order valence-electron chi connectivity index (χ0n) is 8.23. The Labute approximate surface area is 98.2 Å². The molecule has 0 aromatic carbocycles. The molecule has 1 heterocycles. The highest BCUT2D eigenvalue weighted by Crippen LogP contribution is 2.31. The normalized spacial score (nSPS) is 11.3. The van der Waals surface area contributed by atoms with Crippen molar-refractivity contribution in [3.05, 3.63) is 22.4 Å². The molecule has 0 saturated carbocycles. The van der Waals surface area contributed by atoms with Gasteiger partial charge in [-0.05, 0) is 28.1 Å². The quantitative estimate of drug-likeness (QED) is 0.852. The van der Waals surface area contributed by atoms with E-state index >= 15 is 0 Å². The van der Waals surface area contributed by atoms with Crippen molar-refractivity contribution >= 4 is 27.5 Å². The fourth-order valence-electron chi connectivity index (χ4n) is 0.924. The average Bonchev–Trinajstić information content (AvgIpc) is 2.19. The lowest BCUT2D eigenvalue weighted by molar-refractivity contribution is -0.141. The van der Waals surface area contributed by atoms with E-state index in [4.69, 9.17) is 0 Å². The van der Waals surface area contributed by atoms with Crippen LogP contribution in [0.4, 0.5) is 18.9 Å². The third-order valence-corrected chi connectivity index (χ3v) is 2.34. The van der Waals surface area contributed by atoms with Crippen LogP contribution in [0.25, 0.3) is 0 Å². The lowest BCUT2D eigenvalue weighted by Gasteiger charge is -2.09. The highest BCUT2D eigenvalue weighted by Gasteiger charge is 2.32. The molecule has 0 aliphatic carbocycles. The van der Waals surface area contributed by atoms with Gasteiger partial charge in [-0.2, -0.15) is 13.2 Å². The second-order valence-electron chi connectivity index (χ2n) is 2.93. The Balaban J connectivity index is 2.96. The van der Waals surface area contributed by atoms with Crippen LogP contribution < -0.4 is 5.32 Å². The van der Waals surface area contributed by atoms with Crippen LogP contribution in [-0.4, -0.2) is 10.9 Å². The molecule has 0 fully saturated rings. The van der Waals surface area contributed by atoms with Crippen LogP contribution in [0.2, 0.25) is 0 Å². The van der Waals surface area contributed by atoms with Crippen LogP contribution in [0.3, 0.4) is 0 Å². The Hall–Kier alpha value is -1.11. The van der Waals surface area contributed by atoms with E-state index in [9.17, 15) is 18.0 Å². The number of carbonyl (C=O) groups excluding carboxylic acids is 1. The molecule has 7 heteroatoms. The number of hydrogen-bond acceptors (Lipinski definition) is 2. The van der Waals surface area contributed by atoms with Gasteiger partial charge in [0.05, 0.1) is 5.69 Å². The minimum absolute atomic E-state index is 0.0378. The number of carbonyl (C=O) groups is 1. The third kappa shape index (κ3) is 3.19. The first kappa shape index (κ1) is 13.0. The topological polar surface area (TPSA) is 42.0 Å². The number of alkyl halides is 3. The molecule has 1 aromatic rings. The van der Waals surface area contributed by atoms with Crippen molar-refractivity contribution in [3.8, 4) is 0 Å². The first-order valence-electron chi connectivity index (χ1n) is 4.38. The number of amides is 1. The summed E-state index contributed by atoms with van der Waals surface area (Å²) in [5.74, 6) is -0.290. The lowest BCUT2D eigenvalue weighted by Crippen LogP contribution is -2.13. The van der Waals surface area contributed by atoms with E-state index in [1.165, 1.54) is 0 Å². The summed E-state index contributed by atoms with van der Waals surface area (Å²) in [6.07, 6.45) is -4.25. The second kappa shape index (κ2) is 4.82. The number of nitrogens with zero attached hydrogens (tertiary/aromatic N) is 1. The molecule has 0 bridgehead atoms. The standard InChI is InChI=1S/C9H8BrF3N2O/c1-2-7(16)14-5-3-4-6(9(11,12)13)15-8(5)10/h3-4H,2H2,1H3,(H,14,16). The summed E-state index contributed by atoms with van der Waals surface area (Å²) in [6.45, 7) is 1.64. The Morgan fingerprint density at radius 3 is 2.56 bits per heavy atom. The summed E-state index contributed by atoms with van der Waals surface area (Å²) in [5, 5.41) is 2.42. The van der Waals surface area contributed by atoms with E-state index in [0.29, 0.717) is 0 Å². The molecule has 0 radical (unpaired) electrons. The fraction of sp³-hybridized carbons (Fsp3) is 0.333. The van der Waals surface area contributed by atoms with Gasteiger partial charge in [0.25, 0.3) is 0 Å². The van der Waals surface area contributed by atoms with Gasteiger partial charge in [-0.15, -0.1) is 0 Å². The number of hydrogen-bond donors (Lipinski definition) is 1. The molecule has 0 unspecified atom stereocenters. The van der Waals surface area contributed by atoms with Gasteiger partial charge < -0.3 is 5.32 Å². The van der Waals surface area contributed by atoms with Gasteiger partial charge in [0.15, 0.2) is 0 Å². The van der Waals surface area contributed by atoms with Crippen LogP contribution in [0, 0.1) is 0 Å². The van der Waals surface area contributed by atoms with Gasteiger partial charge in [-0.3, -0.25) is 4.79 Å². The Morgan fingerprint density at radius 1 is 1.50 bits per heavy atom. The molecule has 1 rings (SSSR count). The highest BCUT2D eigenvalue weighted by molar-refractivity contribution is 9.10. The average molecular weight is 297 g/mol. The molecule has 0 saturated heterocycles. The molecular formula is C9H8BrF3N2O. The second-order valence-corrected chi connectivity index (χ2v) is 3.69. The zero-order valence-corrected chi connectivity index (χ0v) is 9.82. The van der Waals surface area contributed by atoms with Gasteiger partial charge in [0.2, 0.25) is 5.91 Å². The van der Waals surface area contributed by atoms with Gasteiger partial charge in [-0.1, -0.05) is 6.92 Å². The molecule has 88 valence electrons. The molecule has 0 aliphatic rings. The minimum Gasteiger partial charge on any atom is -0.324 e. The monoisotopic (exact) mass is 296 g/mol. The number of anilines is 1. The molecule has 0 spiro atoms. The first-order valence-corrected chi connectivity index (χ1v) is 5.17. The van der Waals surface area contributed by atoms with E-state index < -0.39 is 11.9 Å². The smallest absolute Gasteiger partial charge is 0.324 e. The summed E-state index contributed by atoms with van der Waals surface area (Å²) >= 11 is 2.87. The molecule has 1 aromatic heterocycles. The molecule has 0 atom stereocenters. The SMILES string of the molecule is CCC(=O)Nc1ccc(C(F)(F)F)nc1Br. The molecule has 1 N–H and O–H groups in total. The predicted molar refractivity (Wildman–Crippen MR) is 55.9 cm³/mol. The number of halogens is 4. The van der Waals surface area contributed by atoms with Crippen molar-refractivity contribution in [2.75, 3.05) is 5.32 Å². The Bertz CT molecular complexity index is 406. The summed E-state index contributed by atoms with van der Waals surface area (Å²) < 4.78 is 36.7. The van der Waals surface area contributed by atoms with E-state index in [0.717, 1.165) is 12.1 Å². The lowest BCUT2D eigenvalue weighted by atomic mass is 10.3. The van der Waals surface area contributed by atoms with Crippen LogP contribution in [0.1, 0.15) is 19.0 Å². The van der Waals surface area contributed by atoms with Crippen molar-refractivity contribution in [1.82, 2.24) is 4.98 Å². The zero-order chi connectivity index (χ0) is 12.3. The van der Waals surface area contributed by atoms with Crippen molar-refractivity contribution in [1.29, 1.82) is 0 Å². The first-order chi connectivity index (χ1) is 7.34. The fourth-order valence-corrected chi connectivity index (χ4v) is 1.35. The Kier molecular flexibility index (Phi) is 3.90. The van der Waals surface area contributed by atoms with Crippen LogP contribution in [-0.2, 0) is 11.0 Å². The molecule has 16 heavy (non-hydrogen) atoms. The molecule has 1 amide bonds. The van der Waals surface area contributed by atoms with E-state index in [1.807, 2.05) is 0 Å². The van der Waals surface area contributed by atoms with Crippen molar-refractivity contribution in [2.45, 2.75) is 19.5 Å². The highest BCUT2D eigenvalue weighted by atomic mass is 79.9. The molecule has 3 nitrogen and oxygen atoms in total. The van der Waals surface area contributed by atoms with Gasteiger partial charge in [0.1, 0.15) is 10.3 Å². The van der Waals surface area contributed by atoms with E-state index in [2.05, 4.69) is 26.2 Å². The van der Waals surface area contributed by atoms with Crippen LogP contribution in [0.5, 0.6) is 0 Å². The van der Waals surface area contributed by atoms with Crippen molar-refractivity contribution in [3.63, 3.8) is 0 Å². The summed E-state index contributed by atoms with van der Waals surface area (Å²) in [4.78, 5) is 14.3. The summed E-state index contributed by atoms with van der Waals surface area (Å²) in [5.41, 5.74) is -0.784. The molecular weight excluding hydrogens is 289 g/mol. The Morgan fingerprint density at radius 2 is 2.12 bits per heavy atom. The van der Waals surface area contributed by atoms with E-state index in [1.54, 1.807) is 6.92 Å². The maximum Gasteiger partial charge on any atom is 0.433 e. The van der Waals surface area contributed by atoms with Crippen molar-refractivity contribution < 1.29 is 18.0 Å². The number of rotatable bonds is 2. The molecule has 0 aliphatic heterocycles. The predicted octanol–water partition coefficient (Wildman–Crippen LogP) is 3.21. The van der Waals surface area contributed by atoms with Gasteiger partial charge in [-0.25, -0.2) is 4.98 Å². The van der Waals surface area contributed by atoms with E-state index in [-0.39, 0.29) is 22.6 Å². The number of nitrogens with one attached hydrogen (secondary N) is 1. The minimum atomic E-state index is -4.49. The van der Waals surface area contributed by atoms with Crippen LogP contribution in [0.15, 0.2) is 16.7 Å². The van der Waals surface area contributed by atoms with Gasteiger partial charge >= 0.3 is 6.18 Å². The number of aromatic nitrogens is 1. The largest absolute Gasteiger partial charge is 0.433 e. The maximum atomic E-state index is 12.3. The van der Waals surface area contributed by atoms with Crippen molar-refractivity contribution in [2.24, 2.45) is 0 Å². The maximum absolute atomic E-state index is 12.3. The third-order valence-electron chi connectivity index (χ3n) is 1.73. The van der Waals surface area contributed by atoms with Gasteiger partial charge in [0, 0.05) is 6.42 Å². The summed E-state index contributed by atoms with van der Waals surface area (Å²) in [7, 11) is 0. The van der Waals surface area contributed by atoms with Crippen LogP contribution >= 0.6 is 15.9 Å². The summed E-state index contributed by atoms with van der Waals surface area (Å²) in [6, 6.07) is 1.98.